The van der Waals surface area contributed by atoms with Gasteiger partial charge in [0.2, 0.25) is 5.91 Å². The predicted octanol–water partition coefficient (Wildman–Crippen LogP) is 2.10. The number of benzene rings is 1. The molecule has 3 N–H and O–H groups in total. The molecule has 0 aliphatic carbocycles. The highest BCUT2D eigenvalue weighted by atomic mass is 16.1. The molecule has 0 saturated heterocycles. The van der Waals surface area contributed by atoms with Gasteiger partial charge in [-0.15, -0.1) is 0 Å². The number of amides is 1. The Morgan fingerprint density at radius 2 is 1.95 bits per heavy atom. The quantitative estimate of drug-likeness (QED) is 0.732. The van der Waals surface area contributed by atoms with Crippen molar-refractivity contribution in [3.8, 4) is 0 Å². The third kappa shape index (κ3) is 4.29. The van der Waals surface area contributed by atoms with Gasteiger partial charge in [-0.25, -0.2) is 0 Å². The van der Waals surface area contributed by atoms with E-state index in [1.165, 1.54) is 0 Å². The number of hydrogen-bond donors (Lipinski definition) is 2. The molecule has 0 aromatic heterocycles. The van der Waals surface area contributed by atoms with Gasteiger partial charge in [0.1, 0.15) is 5.54 Å². The zero-order valence-corrected chi connectivity index (χ0v) is 13.7. The predicted molar refractivity (Wildman–Crippen MR) is 88.0 cm³/mol. The summed E-state index contributed by atoms with van der Waals surface area (Å²) in [6.45, 7) is 7.62. The normalized spacial score (nSPS) is 15.7. The molecule has 2 unspecified atom stereocenters. The average molecular weight is 291 g/mol. The Morgan fingerprint density at radius 1 is 1.33 bits per heavy atom. The summed E-state index contributed by atoms with van der Waals surface area (Å²) in [5.41, 5.74) is 5.87. The maximum atomic E-state index is 12.3. The van der Waals surface area contributed by atoms with Crippen molar-refractivity contribution < 1.29 is 4.79 Å². The van der Waals surface area contributed by atoms with E-state index in [1.807, 2.05) is 37.3 Å². The van der Waals surface area contributed by atoms with E-state index in [4.69, 9.17) is 5.73 Å². The van der Waals surface area contributed by atoms with E-state index < -0.39 is 5.54 Å². The molecule has 118 valence electrons. The monoisotopic (exact) mass is 291 g/mol. The second-order valence-electron chi connectivity index (χ2n) is 5.72. The van der Waals surface area contributed by atoms with Crippen molar-refractivity contribution in [1.29, 1.82) is 0 Å². The number of likely N-dealkylation sites (N-methyl/N-ethyl adjacent to an activating group) is 2. The Kier molecular flexibility index (Phi) is 6.85. The summed E-state index contributed by atoms with van der Waals surface area (Å²) in [7, 11) is 2.05. The van der Waals surface area contributed by atoms with Crippen molar-refractivity contribution in [1.82, 2.24) is 10.2 Å². The lowest BCUT2D eigenvalue weighted by atomic mass is 9.87. The lowest BCUT2D eigenvalue weighted by Gasteiger charge is -2.38. The van der Waals surface area contributed by atoms with Crippen LogP contribution in [0.2, 0.25) is 0 Å². The van der Waals surface area contributed by atoms with Gasteiger partial charge in [-0.3, -0.25) is 10.1 Å². The first-order chi connectivity index (χ1) is 9.97. The average Bonchev–Trinajstić information content (AvgIpc) is 2.47. The van der Waals surface area contributed by atoms with Crippen LogP contribution in [0.25, 0.3) is 0 Å². The molecule has 1 rings (SSSR count). The highest BCUT2D eigenvalue weighted by molar-refractivity contribution is 5.86. The highest BCUT2D eigenvalue weighted by Crippen LogP contribution is 2.23. The van der Waals surface area contributed by atoms with E-state index >= 15 is 0 Å². The number of primary amides is 1. The number of nitrogens with one attached hydrogen (secondary N) is 1. The largest absolute Gasteiger partial charge is 0.368 e. The minimum atomic E-state index is -0.841. The Bertz CT molecular complexity index is 435. The summed E-state index contributed by atoms with van der Waals surface area (Å²) in [5.74, 6) is -0.328. The molecule has 21 heavy (non-hydrogen) atoms. The van der Waals surface area contributed by atoms with Crippen LogP contribution in [0, 0.1) is 0 Å². The third-order valence-electron chi connectivity index (χ3n) is 4.11. The molecule has 0 bridgehead atoms. The molecule has 0 heterocycles. The second kappa shape index (κ2) is 8.15. The topological polar surface area (TPSA) is 58.4 Å². The summed E-state index contributed by atoms with van der Waals surface area (Å²) in [4.78, 5) is 14.5. The molecule has 0 aliphatic heterocycles. The van der Waals surface area contributed by atoms with Crippen molar-refractivity contribution in [2.24, 2.45) is 5.73 Å². The lowest BCUT2D eigenvalue weighted by molar-refractivity contribution is -0.125. The minimum absolute atomic E-state index is 0.328. The summed E-state index contributed by atoms with van der Waals surface area (Å²) in [6, 6.07) is 10.2. The van der Waals surface area contributed by atoms with Crippen LogP contribution in [0.4, 0.5) is 0 Å². The molecule has 0 aliphatic rings. The molecular formula is C17H29N3O. The van der Waals surface area contributed by atoms with E-state index in [2.05, 4.69) is 31.1 Å². The Morgan fingerprint density at radius 3 is 2.43 bits per heavy atom. The first kappa shape index (κ1) is 17.7. The molecule has 1 amide bonds. The molecule has 4 nitrogen and oxygen atoms in total. The van der Waals surface area contributed by atoms with Crippen LogP contribution in [-0.2, 0) is 10.3 Å². The maximum Gasteiger partial charge on any atom is 0.243 e. The van der Waals surface area contributed by atoms with Crippen molar-refractivity contribution in [2.45, 2.75) is 45.2 Å². The lowest BCUT2D eigenvalue weighted by Crippen LogP contribution is -2.59. The first-order valence-corrected chi connectivity index (χ1v) is 7.78. The zero-order valence-electron chi connectivity index (χ0n) is 13.7. The Hall–Kier alpha value is -1.39. The Balaban J connectivity index is 3.10. The van der Waals surface area contributed by atoms with Crippen molar-refractivity contribution in [2.75, 3.05) is 20.1 Å². The highest BCUT2D eigenvalue weighted by Gasteiger charge is 2.39. The van der Waals surface area contributed by atoms with Crippen LogP contribution < -0.4 is 11.1 Å². The molecule has 1 aromatic carbocycles. The fraction of sp³-hybridized carbons (Fsp3) is 0.588. The molecule has 0 radical (unpaired) electrons. The van der Waals surface area contributed by atoms with E-state index in [1.54, 1.807) is 0 Å². The van der Waals surface area contributed by atoms with Gasteiger partial charge in [-0.1, -0.05) is 50.6 Å². The van der Waals surface area contributed by atoms with Gasteiger partial charge in [-0.2, -0.15) is 0 Å². The number of carbonyl (C=O) groups excluding carboxylic acids is 1. The van der Waals surface area contributed by atoms with Crippen LogP contribution in [-0.4, -0.2) is 37.0 Å². The van der Waals surface area contributed by atoms with E-state index in [9.17, 15) is 4.79 Å². The van der Waals surface area contributed by atoms with Crippen LogP contribution in [0.1, 0.15) is 39.2 Å². The van der Waals surface area contributed by atoms with Crippen LogP contribution in [0.3, 0.4) is 0 Å². The number of hydrogen-bond acceptors (Lipinski definition) is 3. The summed E-state index contributed by atoms with van der Waals surface area (Å²) in [5, 5.41) is 3.32. The minimum Gasteiger partial charge on any atom is -0.368 e. The smallest absolute Gasteiger partial charge is 0.243 e. The number of rotatable bonds is 9. The summed E-state index contributed by atoms with van der Waals surface area (Å²) >= 11 is 0. The van der Waals surface area contributed by atoms with E-state index in [0.717, 1.165) is 18.4 Å². The maximum absolute atomic E-state index is 12.3. The van der Waals surface area contributed by atoms with Gasteiger partial charge in [-0.05, 0) is 32.5 Å². The second-order valence-corrected chi connectivity index (χ2v) is 5.72. The standard InChI is InChI=1S/C17H29N3O/c1-5-10-14(3)20(4)13-17(16(18)21,19-6-2)15-11-8-7-9-12-15/h7-9,11-12,14,19H,5-6,10,13H2,1-4H3,(H2,18,21). The molecule has 0 saturated carbocycles. The fourth-order valence-electron chi connectivity index (χ4n) is 2.75. The van der Waals surface area contributed by atoms with Gasteiger partial charge in [0.15, 0.2) is 0 Å². The first-order valence-electron chi connectivity index (χ1n) is 7.78. The molecule has 4 heteroatoms. The molecular weight excluding hydrogens is 262 g/mol. The van der Waals surface area contributed by atoms with Gasteiger partial charge < -0.3 is 10.6 Å². The van der Waals surface area contributed by atoms with Gasteiger partial charge >= 0.3 is 0 Å². The van der Waals surface area contributed by atoms with Gasteiger partial charge in [0.25, 0.3) is 0 Å². The molecule has 1 aromatic rings. The van der Waals surface area contributed by atoms with Crippen LogP contribution >= 0.6 is 0 Å². The van der Waals surface area contributed by atoms with Crippen LogP contribution in [0.15, 0.2) is 30.3 Å². The third-order valence-corrected chi connectivity index (χ3v) is 4.11. The summed E-state index contributed by atoms with van der Waals surface area (Å²) in [6.07, 6.45) is 2.23. The Labute approximate surface area is 128 Å². The van der Waals surface area contributed by atoms with E-state index in [-0.39, 0.29) is 5.91 Å². The number of nitrogens with two attached hydrogens (primary N) is 1. The fourth-order valence-corrected chi connectivity index (χ4v) is 2.75. The molecule has 0 spiro atoms. The van der Waals surface area contributed by atoms with Gasteiger partial charge in [0.05, 0.1) is 0 Å². The van der Waals surface area contributed by atoms with Crippen molar-refractivity contribution in [3.05, 3.63) is 35.9 Å². The van der Waals surface area contributed by atoms with Crippen molar-refractivity contribution in [3.63, 3.8) is 0 Å². The van der Waals surface area contributed by atoms with E-state index in [0.29, 0.717) is 19.1 Å². The molecule has 2 atom stereocenters. The van der Waals surface area contributed by atoms with Crippen molar-refractivity contribution >= 4 is 5.91 Å². The number of nitrogens with zero attached hydrogens (tertiary/aromatic N) is 1. The van der Waals surface area contributed by atoms with Gasteiger partial charge in [0, 0.05) is 12.6 Å². The molecule has 0 fully saturated rings. The summed E-state index contributed by atoms with van der Waals surface area (Å²) < 4.78 is 0. The van der Waals surface area contributed by atoms with Crippen LogP contribution in [0.5, 0.6) is 0 Å². The zero-order chi connectivity index (χ0) is 15.9. The SMILES string of the molecule is CCCC(C)N(C)CC(NCC)(C(N)=O)c1ccccc1. The number of carbonyl (C=O) groups is 1.